The first-order valence-corrected chi connectivity index (χ1v) is 7.09. The van der Waals surface area contributed by atoms with Crippen molar-refractivity contribution in [3.8, 4) is 0 Å². The number of carbonyl (C=O) groups excluding carboxylic acids is 1. The largest absolute Gasteiger partial charge is 0.350 e. The molecule has 0 spiro atoms. The number of hydrogen-bond donors (Lipinski definition) is 1. The number of amides is 1. The second-order valence-corrected chi connectivity index (χ2v) is 6.26. The quantitative estimate of drug-likeness (QED) is 0.525. The highest BCUT2D eigenvalue weighted by Gasteiger charge is 2.31. The van der Waals surface area contributed by atoms with Gasteiger partial charge in [0.05, 0.1) is 10.5 Å². The smallest absolute Gasteiger partial charge is 0.276 e. The summed E-state index contributed by atoms with van der Waals surface area (Å²) in [6, 6.07) is 6.57. The highest BCUT2D eigenvalue weighted by Crippen LogP contribution is 2.36. The number of carbonyl (C=O) groups is 1. The first-order valence-electron chi connectivity index (χ1n) is 7.09. The Labute approximate surface area is 124 Å². The molecular weight excluding hydrogens is 268 g/mol. The Morgan fingerprint density at radius 1 is 1.43 bits per heavy atom. The molecule has 0 aliphatic heterocycles. The third-order valence-electron chi connectivity index (χ3n) is 3.86. The number of rotatable bonds is 4. The summed E-state index contributed by atoms with van der Waals surface area (Å²) in [5.74, 6) is -0.198. The van der Waals surface area contributed by atoms with Crippen molar-refractivity contribution in [1.29, 1.82) is 0 Å². The number of hydrogen-bond acceptors (Lipinski definition) is 3. The fraction of sp³-hybridized carbons (Fsp3) is 0.438. The lowest BCUT2D eigenvalue weighted by molar-refractivity contribution is -0.385. The highest BCUT2D eigenvalue weighted by molar-refractivity contribution is 5.92. The van der Waals surface area contributed by atoms with Crippen LogP contribution in [-0.4, -0.2) is 16.9 Å². The van der Waals surface area contributed by atoms with Gasteiger partial charge in [-0.2, -0.15) is 0 Å². The van der Waals surface area contributed by atoms with E-state index >= 15 is 0 Å². The Balaban J connectivity index is 1.98. The van der Waals surface area contributed by atoms with Crippen LogP contribution in [0.3, 0.4) is 0 Å². The Hall–Kier alpha value is -2.17. The number of nitro benzene ring substituents is 1. The molecular formula is C16H20N2O3. The third kappa shape index (κ3) is 4.15. The molecule has 5 nitrogen and oxygen atoms in total. The van der Waals surface area contributed by atoms with Crippen molar-refractivity contribution in [3.05, 3.63) is 46.0 Å². The first kappa shape index (κ1) is 15.2. The van der Waals surface area contributed by atoms with E-state index in [0.29, 0.717) is 5.56 Å². The van der Waals surface area contributed by atoms with Gasteiger partial charge in [-0.1, -0.05) is 26.0 Å². The predicted molar refractivity (Wildman–Crippen MR) is 81.7 cm³/mol. The van der Waals surface area contributed by atoms with Crippen molar-refractivity contribution in [3.63, 3.8) is 0 Å². The maximum absolute atomic E-state index is 11.9. The van der Waals surface area contributed by atoms with Crippen LogP contribution in [0.15, 0.2) is 30.3 Å². The van der Waals surface area contributed by atoms with Crippen molar-refractivity contribution < 1.29 is 9.72 Å². The third-order valence-corrected chi connectivity index (χ3v) is 3.86. The molecule has 1 fully saturated rings. The normalized spacial score (nSPS) is 20.6. The Bertz CT molecular complexity index is 579. The van der Waals surface area contributed by atoms with Crippen LogP contribution in [0.2, 0.25) is 0 Å². The molecule has 5 heteroatoms. The first-order chi connectivity index (χ1) is 9.87. The van der Waals surface area contributed by atoms with Gasteiger partial charge in [0, 0.05) is 18.2 Å². The second-order valence-electron chi connectivity index (χ2n) is 6.26. The molecule has 0 radical (unpaired) electrons. The molecule has 1 aromatic rings. The molecule has 1 aromatic carbocycles. The summed E-state index contributed by atoms with van der Waals surface area (Å²) in [6.07, 6.45) is 5.92. The van der Waals surface area contributed by atoms with Gasteiger partial charge in [-0.15, -0.1) is 0 Å². The van der Waals surface area contributed by atoms with E-state index in [1.54, 1.807) is 18.2 Å². The van der Waals surface area contributed by atoms with Gasteiger partial charge in [-0.3, -0.25) is 14.9 Å². The van der Waals surface area contributed by atoms with Gasteiger partial charge in [-0.25, -0.2) is 0 Å². The molecule has 0 saturated heterocycles. The Morgan fingerprint density at radius 3 is 2.76 bits per heavy atom. The fourth-order valence-electron chi connectivity index (χ4n) is 2.77. The Morgan fingerprint density at radius 2 is 2.14 bits per heavy atom. The average molecular weight is 288 g/mol. The number of para-hydroxylation sites is 1. The minimum atomic E-state index is -0.447. The zero-order valence-corrected chi connectivity index (χ0v) is 12.3. The van der Waals surface area contributed by atoms with Gasteiger partial charge in [0.15, 0.2) is 0 Å². The van der Waals surface area contributed by atoms with Gasteiger partial charge in [0.1, 0.15) is 0 Å². The molecule has 1 atom stereocenters. The zero-order valence-electron chi connectivity index (χ0n) is 12.3. The van der Waals surface area contributed by atoms with E-state index in [4.69, 9.17) is 0 Å². The zero-order chi connectivity index (χ0) is 15.5. The molecule has 1 unspecified atom stereocenters. The van der Waals surface area contributed by atoms with E-state index in [0.717, 1.165) is 19.3 Å². The predicted octanol–water partition coefficient (Wildman–Crippen LogP) is 3.30. The van der Waals surface area contributed by atoms with E-state index in [-0.39, 0.29) is 23.1 Å². The van der Waals surface area contributed by atoms with Gasteiger partial charge >= 0.3 is 0 Å². The molecule has 1 saturated carbocycles. The summed E-state index contributed by atoms with van der Waals surface area (Å²) >= 11 is 0. The second kappa shape index (κ2) is 6.08. The molecule has 0 bridgehead atoms. The van der Waals surface area contributed by atoms with Gasteiger partial charge in [0.2, 0.25) is 5.91 Å². The van der Waals surface area contributed by atoms with Crippen LogP contribution in [0, 0.1) is 15.5 Å². The van der Waals surface area contributed by atoms with Crippen molar-refractivity contribution in [2.75, 3.05) is 0 Å². The summed E-state index contributed by atoms with van der Waals surface area (Å²) in [7, 11) is 0. The SMILES string of the molecule is CC1(C)CCC(NC(=O)/C=C/c2ccccc2[N+](=O)[O-])C1. The van der Waals surface area contributed by atoms with Crippen LogP contribution in [0.4, 0.5) is 5.69 Å². The molecule has 1 aliphatic rings. The monoisotopic (exact) mass is 288 g/mol. The molecule has 112 valence electrons. The summed E-state index contributed by atoms with van der Waals surface area (Å²) in [5, 5.41) is 13.8. The van der Waals surface area contributed by atoms with Crippen LogP contribution in [0.25, 0.3) is 6.08 Å². The number of benzene rings is 1. The van der Waals surface area contributed by atoms with Gasteiger partial charge in [-0.05, 0) is 36.8 Å². The van der Waals surface area contributed by atoms with Crippen LogP contribution in [0.5, 0.6) is 0 Å². The topological polar surface area (TPSA) is 72.2 Å². The van der Waals surface area contributed by atoms with E-state index < -0.39 is 4.92 Å². The molecule has 1 aliphatic carbocycles. The summed E-state index contributed by atoms with van der Waals surface area (Å²) in [6.45, 7) is 4.39. The van der Waals surface area contributed by atoms with E-state index in [1.165, 1.54) is 18.2 Å². The molecule has 1 amide bonds. The lowest BCUT2D eigenvalue weighted by Gasteiger charge is -2.17. The van der Waals surface area contributed by atoms with E-state index in [2.05, 4.69) is 19.2 Å². The van der Waals surface area contributed by atoms with E-state index in [9.17, 15) is 14.9 Å². The minimum absolute atomic E-state index is 0.00329. The highest BCUT2D eigenvalue weighted by atomic mass is 16.6. The summed E-state index contributed by atoms with van der Waals surface area (Å²) in [4.78, 5) is 22.3. The van der Waals surface area contributed by atoms with Crippen molar-refractivity contribution >= 4 is 17.7 Å². The van der Waals surface area contributed by atoms with Crippen molar-refractivity contribution in [2.24, 2.45) is 5.41 Å². The summed E-state index contributed by atoms with van der Waals surface area (Å²) < 4.78 is 0. The van der Waals surface area contributed by atoms with Crippen LogP contribution < -0.4 is 5.32 Å². The van der Waals surface area contributed by atoms with Crippen molar-refractivity contribution in [1.82, 2.24) is 5.32 Å². The maximum atomic E-state index is 11.9. The molecule has 21 heavy (non-hydrogen) atoms. The minimum Gasteiger partial charge on any atom is -0.350 e. The lowest BCUT2D eigenvalue weighted by Crippen LogP contribution is -2.32. The lowest BCUT2D eigenvalue weighted by atomic mass is 9.92. The molecule has 0 heterocycles. The Kier molecular flexibility index (Phi) is 4.40. The maximum Gasteiger partial charge on any atom is 0.276 e. The van der Waals surface area contributed by atoms with Crippen LogP contribution in [0.1, 0.15) is 38.7 Å². The molecule has 2 rings (SSSR count). The van der Waals surface area contributed by atoms with Gasteiger partial charge in [0.25, 0.3) is 5.69 Å². The van der Waals surface area contributed by atoms with E-state index in [1.807, 2.05) is 0 Å². The number of nitrogens with zero attached hydrogens (tertiary/aromatic N) is 1. The standard InChI is InChI=1S/C16H20N2O3/c1-16(2)10-9-13(11-16)17-15(19)8-7-12-5-3-4-6-14(12)18(20)21/h3-8,13H,9-11H2,1-2H3,(H,17,19)/b8-7+. The number of nitrogens with one attached hydrogen (secondary N) is 1. The van der Waals surface area contributed by atoms with Crippen LogP contribution >= 0.6 is 0 Å². The summed E-state index contributed by atoms with van der Waals surface area (Å²) in [5.41, 5.74) is 0.716. The average Bonchev–Trinajstić information content (AvgIpc) is 2.75. The molecule has 1 N–H and O–H groups in total. The van der Waals surface area contributed by atoms with Gasteiger partial charge < -0.3 is 5.32 Å². The number of nitro groups is 1. The molecule has 0 aromatic heterocycles. The fourth-order valence-corrected chi connectivity index (χ4v) is 2.77. The van der Waals surface area contributed by atoms with Crippen LogP contribution in [-0.2, 0) is 4.79 Å². The van der Waals surface area contributed by atoms with Crippen molar-refractivity contribution in [2.45, 2.75) is 39.2 Å².